The minimum Gasteiger partial charge on any atom is -0.489 e. The molecular weight excluding hydrogens is 506 g/mol. The standard InChI is InChI=1S/C29H24ClN3OS.H2S/c1-3-6-22(16-23-17-31-33-32-23)21-10-12-24(13-11-21)34-18-20-9-14-27-26(15-20)28(29(30)35-27)25-8-5-4-7-19(25)2;/h4-5,7-15,22H,16-18H2,1-2H3;1H2/t22-;/m0./s1. The van der Waals surface area contributed by atoms with Crippen molar-refractivity contribution in [2.75, 3.05) is 6.54 Å². The summed E-state index contributed by atoms with van der Waals surface area (Å²) in [6, 6.07) is 23.0. The van der Waals surface area contributed by atoms with E-state index >= 15 is 0 Å². The Morgan fingerprint density at radius 1 is 1.08 bits per heavy atom. The van der Waals surface area contributed by atoms with Crippen LogP contribution in [-0.4, -0.2) is 12.3 Å². The number of halogens is 1. The first kappa shape index (κ1) is 26.0. The Labute approximate surface area is 227 Å². The molecule has 36 heavy (non-hydrogen) atoms. The normalized spacial score (nSPS) is 13.0. The van der Waals surface area contributed by atoms with E-state index in [0.29, 0.717) is 13.2 Å². The number of benzene rings is 3. The Hall–Kier alpha value is -3.11. The minimum atomic E-state index is 0. The zero-order valence-corrected chi connectivity index (χ0v) is 22.7. The van der Waals surface area contributed by atoms with Crippen LogP contribution in [-0.2, 0) is 6.61 Å². The van der Waals surface area contributed by atoms with E-state index in [1.54, 1.807) is 11.3 Å². The molecule has 0 radical (unpaired) electrons. The van der Waals surface area contributed by atoms with Crippen LogP contribution in [0.15, 0.2) is 82.2 Å². The lowest BCUT2D eigenvalue weighted by molar-refractivity contribution is 0.306. The van der Waals surface area contributed by atoms with Crippen molar-refractivity contribution < 1.29 is 4.74 Å². The van der Waals surface area contributed by atoms with Gasteiger partial charge in [0, 0.05) is 22.1 Å². The average molecular weight is 532 g/mol. The molecule has 0 fully saturated rings. The Balaban J connectivity index is 0.00000304. The lowest BCUT2D eigenvalue weighted by Gasteiger charge is -2.12. The van der Waals surface area contributed by atoms with Gasteiger partial charge in [0.05, 0.1) is 11.6 Å². The number of aryl methyl sites for hydroxylation is 1. The maximum atomic E-state index is 6.68. The van der Waals surface area contributed by atoms with Crippen molar-refractivity contribution in [3.63, 3.8) is 0 Å². The molecule has 7 heteroatoms. The molecule has 0 saturated carbocycles. The van der Waals surface area contributed by atoms with Crippen LogP contribution >= 0.6 is 36.4 Å². The van der Waals surface area contributed by atoms with Crippen molar-refractivity contribution in [3.05, 3.63) is 87.8 Å². The highest BCUT2D eigenvalue weighted by Gasteiger charge is 2.16. The predicted molar refractivity (Wildman–Crippen MR) is 156 cm³/mol. The van der Waals surface area contributed by atoms with Gasteiger partial charge in [-0.15, -0.1) is 22.4 Å². The number of hydrogen-bond donors (Lipinski definition) is 0. The zero-order valence-electron chi connectivity index (χ0n) is 20.1. The summed E-state index contributed by atoms with van der Waals surface area (Å²) in [4.78, 5) is 0. The molecule has 1 aliphatic rings. The first-order valence-corrected chi connectivity index (χ1v) is 12.7. The van der Waals surface area contributed by atoms with Crippen LogP contribution in [0.1, 0.15) is 36.0 Å². The molecule has 1 aliphatic heterocycles. The summed E-state index contributed by atoms with van der Waals surface area (Å²) in [5.74, 6) is 7.20. The number of rotatable bonds is 7. The first-order valence-electron chi connectivity index (χ1n) is 11.5. The summed E-state index contributed by atoms with van der Waals surface area (Å²) >= 11 is 8.29. The summed E-state index contributed by atoms with van der Waals surface area (Å²) in [6.07, 6.45) is 0.737. The molecule has 3 aromatic carbocycles. The fourth-order valence-electron chi connectivity index (χ4n) is 4.28. The molecule has 0 amide bonds. The van der Waals surface area contributed by atoms with Crippen molar-refractivity contribution in [1.82, 2.24) is 0 Å². The molecule has 1 atom stereocenters. The molecule has 0 spiro atoms. The van der Waals surface area contributed by atoms with Gasteiger partial charge in [-0.05, 0) is 65.6 Å². The molecule has 0 bridgehead atoms. The third kappa shape index (κ3) is 5.65. The topological polar surface area (TPSA) is 46.3 Å². The third-order valence-electron chi connectivity index (χ3n) is 6.07. The van der Waals surface area contributed by atoms with Gasteiger partial charge in [0.15, 0.2) is 0 Å². The monoisotopic (exact) mass is 531 g/mol. The number of fused-ring (bicyclic) bond motifs is 1. The van der Waals surface area contributed by atoms with Crippen LogP contribution in [0.3, 0.4) is 0 Å². The second-order valence-electron chi connectivity index (χ2n) is 8.46. The Kier molecular flexibility index (Phi) is 8.48. The fraction of sp³-hybridized carbons (Fsp3) is 0.207. The zero-order chi connectivity index (χ0) is 24.2. The van der Waals surface area contributed by atoms with E-state index in [9.17, 15) is 0 Å². The molecule has 182 valence electrons. The average Bonchev–Trinajstić information content (AvgIpc) is 3.50. The summed E-state index contributed by atoms with van der Waals surface area (Å²) in [5, 5.41) is 12.9. The van der Waals surface area contributed by atoms with E-state index in [1.165, 1.54) is 21.2 Å². The highest BCUT2D eigenvalue weighted by Crippen LogP contribution is 2.43. The van der Waals surface area contributed by atoms with Gasteiger partial charge in [-0.3, -0.25) is 0 Å². The number of nitrogens with zero attached hydrogens (tertiary/aromatic N) is 3. The quantitative estimate of drug-likeness (QED) is 0.220. The maximum absolute atomic E-state index is 6.68. The van der Waals surface area contributed by atoms with Crippen molar-refractivity contribution in [1.29, 1.82) is 0 Å². The van der Waals surface area contributed by atoms with E-state index in [2.05, 4.69) is 88.8 Å². The van der Waals surface area contributed by atoms with Crippen molar-refractivity contribution in [3.8, 4) is 28.7 Å². The van der Waals surface area contributed by atoms with Crippen LogP contribution < -0.4 is 4.74 Å². The van der Waals surface area contributed by atoms with Crippen LogP contribution in [0, 0.1) is 18.8 Å². The molecule has 0 N–H and O–H groups in total. The van der Waals surface area contributed by atoms with Crippen molar-refractivity contribution in [2.24, 2.45) is 15.4 Å². The molecule has 1 aromatic heterocycles. The van der Waals surface area contributed by atoms with Crippen LogP contribution in [0.5, 0.6) is 5.75 Å². The van der Waals surface area contributed by atoms with Crippen molar-refractivity contribution in [2.45, 2.75) is 32.8 Å². The number of thiophene rings is 1. The smallest absolute Gasteiger partial charge is 0.119 e. The summed E-state index contributed by atoms with van der Waals surface area (Å²) in [7, 11) is 0. The van der Waals surface area contributed by atoms with Gasteiger partial charge < -0.3 is 4.74 Å². The van der Waals surface area contributed by atoms with Crippen molar-refractivity contribution >= 4 is 52.2 Å². The Morgan fingerprint density at radius 3 is 2.61 bits per heavy atom. The second-order valence-corrected chi connectivity index (χ2v) is 10.1. The van der Waals surface area contributed by atoms with Crippen LogP contribution in [0.25, 0.3) is 21.2 Å². The molecular formula is C29H26ClN3OS2. The molecule has 0 saturated heterocycles. The maximum Gasteiger partial charge on any atom is 0.119 e. The molecule has 2 heterocycles. The molecule has 4 nitrogen and oxygen atoms in total. The molecule has 5 rings (SSSR count). The Bertz CT molecular complexity index is 1500. The Morgan fingerprint density at radius 2 is 1.89 bits per heavy atom. The molecule has 0 unspecified atom stereocenters. The van der Waals surface area contributed by atoms with E-state index in [0.717, 1.165) is 38.9 Å². The van der Waals surface area contributed by atoms with E-state index in [4.69, 9.17) is 16.3 Å². The number of hydrogen-bond acceptors (Lipinski definition) is 5. The van der Waals surface area contributed by atoms with E-state index in [1.807, 2.05) is 19.1 Å². The molecule has 0 aliphatic carbocycles. The fourth-order valence-corrected chi connectivity index (χ4v) is 5.65. The van der Waals surface area contributed by atoms with E-state index < -0.39 is 0 Å². The molecule has 4 aromatic rings. The minimum absolute atomic E-state index is 0. The van der Waals surface area contributed by atoms with Gasteiger partial charge >= 0.3 is 0 Å². The van der Waals surface area contributed by atoms with Gasteiger partial charge in [0.1, 0.15) is 23.2 Å². The lowest BCUT2D eigenvalue weighted by atomic mass is 9.94. The summed E-state index contributed by atoms with van der Waals surface area (Å²) in [5.41, 5.74) is 6.70. The first-order chi connectivity index (χ1) is 17.1. The van der Waals surface area contributed by atoms with Gasteiger partial charge in [0.2, 0.25) is 0 Å². The summed E-state index contributed by atoms with van der Waals surface area (Å²) in [6.45, 7) is 5.02. The highest BCUT2D eigenvalue weighted by molar-refractivity contribution is 7.59. The number of ether oxygens (including phenoxy) is 1. The van der Waals surface area contributed by atoms with Crippen LogP contribution in [0.2, 0.25) is 4.34 Å². The summed E-state index contributed by atoms with van der Waals surface area (Å²) < 4.78 is 8.12. The van der Waals surface area contributed by atoms with Crippen LogP contribution in [0.4, 0.5) is 0 Å². The lowest BCUT2D eigenvalue weighted by Crippen LogP contribution is -2.07. The van der Waals surface area contributed by atoms with E-state index in [-0.39, 0.29) is 19.4 Å². The predicted octanol–water partition coefficient (Wildman–Crippen LogP) is 8.54. The second kappa shape index (κ2) is 11.7. The highest BCUT2D eigenvalue weighted by atomic mass is 35.5. The van der Waals surface area contributed by atoms with Gasteiger partial charge in [-0.2, -0.15) is 18.6 Å². The van der Waals surface area contributed by atoms with Gasteiger partial charge in [-0.1, -0.05) is 60.0 Å². The largest absolute Gasteiger partial charge is 0.489 e. The van der Waals surface area contributed by atoms with Gasteiger partial charge in [-0.25, -0.2) is 0 Å². The SMILES string of the molecule is CC#C[C@@H](CC1=NN=NC1)c1ccc(OCc2ccc3sc(Cl)c(-c4ccccc4C)c3c2)cc1.S. The van der Waals surface area contributed by atoms with Gasteiger partial charge in [0.25, 0.3) is 0 Å². The third-order valence-corrected chi connectivity index (χ3v) is 7.45.